The summed E-state index contributed by atoms with van der Waals surface area (Å²) in [4.78, 5) is 19.4. The number of hydrogen-bond donors (Lipinski definition) is 1. The van der Waals surface area contributed by atoms with Crippen LogP contribution in [-0.4, -0.2) is 35.4 Å². The molecule has 1 aliphatic rings. The molecule has 2 N–H and O–H groups in total. The van der Waals surface area contributed by atoms with Gasteiger partial charge < -0.3 is 15.1 Å². The third kappa shape index (κ3) is 3.38. The van der Waals surface area contributed by atoms with E-state index in [1.807, 2.05) is 60.4 Å². The van der Waals surface area contributed by atoms with Gasteiger partial charge in [0.25, 0.3) is 5.91 Å². The summed E-state index contributed by atoms with van der Waals surface area (Å²) in [6.07, 6.45) is 0. The van der Waals surface area contributed by atoms with Gasteiger partial charge in [0.15, 0.2) is 0 Å². The maximum atomic E-state index is 13.1. The zero-order valence-corrected chi connectivity index (χ0v) is 15.3. The summed E-state index contributed by atoms with van der Waals surface area (Å²) in [5.41, 5.74) is 8.70. The van der Waals surface area contributed by atoms with Crippen LogP contribution in [-0.2, 0) is 0 Å². The zero-order valence-electron chi connectivity index (χ0n) is 15.3. The van der Waals surface area contributed by atoms with E-state index in [1.165, 1.54) is 5.56 Å². The lowest BCUT2D eigenvalue weighted by Gasteiger charge is -2.16. The Bertz CT molecular complexity index is 921. The number of nitrogens with zero attached hydrogens (tertiary/aromatic N) is 2. The number of likely N-dealkylation sites (tertiary alicyclic amines) is 1. The molecule has 1 saturated heterocycles. The largest absolute Gasteiger partial charge is 0.431 e. The minimum absolute atomic E-state index is 0.112. The highest BCUT2D eigenvalue weighted by Gasteiger charge is 2.37. The molecule has 1 aliphatic heterocycles. The maximum absolute atomic E-state index is 13.1. The van der Waals surface area contributed by atoms with Crippen LogP contribution < -0.4 is 5.73 Å². The Hall–Kier alpha value is -2.92. The molecule has 1 amide bonds. The molecular weight excluding hydrogens is 338 g/mol. The predicted molar refractivity (Wildman–Crippen MR) is 104 cm³/mol. The predicted octanol–water partition coefficient (Wildman–Crippen LogP) is 3.46. The topological polar surface area (TPSA) is 72.4 Å². The minimum atomic E-state index is -0.112. The van der Waals surface area contributed by atoms with Crippen molar-refractivity contribution >= 4 is 5.91 Å². The second kappa shape index (κ2) is 7.37. The zero-order chi connectivity index (χ0) is 18.8. The Labute approximate surface area is 158 Å². The molecule has 2 atom stereocenters. The van der Waals surface area contributed by atoms with E-state index in [2.05, 4.69) is 17.1 Å². The molecule has 0 aliphatic carbocycles. The van der Waals surface area contributed by atoms with E-state index in [0.29, 0.717) is 37.0 Å². The van der Waals surface area contributed by atoms with Gasteiger partial charge in [-0.05, 0) is 37.1 Å². The molecule has 5 heteroatoms. The Kier molecular flexibility index (Phi) is 4.77. The van der Waals surface area contributed by atoms with Gasteiger partial charge in [-0.25, -0.2) is 4.98 Å². The number of carbonyl (C=O) groups is 1. The Morgan fingerprint density at radius 1 is 1.11 bits per heavy atom. The molecule has 2 aromatic carbocycles. The molecule has 0 bridgehead atoms. The Morgan fingerprint density at radius 2 is 1.78 bits per heavy atom. The highest BCUT2D eigenvalue weighted by molar-refractivity contribution is 5.93. The van der Waals surface area contributed by atoms with E-state index >= 15 is 0 Å². The number of rotatable bonds is 4. The number of aryl methyl sites for hydroxylation is 1. The first kappa shape index (κ1) is 17.5. The van der Waals surface area contributed by atoms with Gasteiger partial charge in [-0.1, -0.05) is 48.5 Å². The first-order valence-corrected chi connectivity index (χ1v) is 9.24. The van der Waals surface area contributed by atoms with Crippen LogP contribution in [0.4, 0.5) is 0 Å². The van der Waals surface area contributed by atoms with Gasteiger partial charge >= 0.3 is 0 Å². The number of carbonyl (C=O) groups excluding carboxylic acids is 1. The minimum Gasteiger partial charge on any atom is -0.431 e. The second-order valence-corrected chi connectivity index (χ2v) is 7.02. The van der Waals surface area contributed by atoms with Crippen LogP contribution in [0.2, 0.25) is 0 Å². The van der Waals surface area contributed by atoms with Gasteiger partial charge in [-0.3, -0.25) is 4.79 Å². The van der Waals surface area contributed by atoms with Crippen molar-refractivity contribution in [3.8, 4) is 11.5 Å². The number of hydrogen-bond acceptors (Lipinski definition) is 4. The summed E-state index contributed by atoms with van der Waals surface area (Å²) in [5, 5.41) is 0. The summed E-state index contributed by atoms with van der Waals surface area (Å²) < 4.78 is 5.85. The first-order chi connectivity index (χ1) is 13.2. The fraction of sp³-hybridized carbons (Fsp3) is 0.273. The monoisotopic (exact) mass is 361 g/mol. The second-order valence-electron chi connectivity index (χ2n) is 7.02. The molecule has 27 heavy (non-hydrogen) atoms. The Balaban J connectivity index is 1.58. The molecule has 5 nitrogen and oxygen atoms in total. The summed E-state index contributed by atoms with van der Waals surface area (Å²) >= 11 is 0. The van der Waals surface area contributed by atoms with Crippen LogP contribution in [0, 0.1) is 12.8 Å². The van der Waals surface area contributed by atoms with Gasteiger partial charge in [-0.15, -0.1) is 0 Å². The number of aromatic nitrogens is 1. The van der Waals surface area contributed by atoms with Gasteiger partial charge in [0.2, 0.25) is 11.7 Å². The number of amides is 1. The van der Waals surface area contributed by atoms with Crippen molar-refractivity contribution < 1.29 is 9.21 Å². The summed E-state index contributed by atoms with van der Waals surface area (Å²) in [7, 11) is 0. The smallest absolute Gasteiger partial charge is 0.291 e. The molecule has 1 fully saturated rings. The maximum Gasteiger partial charge on any atom is 0.291 e. The van der Waals surface area contributed by atoms with Crippen molar-refractivity contribution in [1.29, 1.82) is 0 Å². The van der Waals surface area contributed by atoms with Crippen LogP contribution in [0.15, 0.2) is 65.1 Å². The van der Waals surface area contributed by atoms with E-state index in [-0.39, 0.29) is 17.7 Å². The highest BCUT2D eigenvalue weighted by atomic mass is 16.4. The molecule has 2 heterocycles. The van der Waals surface area contributed by atoms with E-state index in [4.69, 9.17) is 10.2 Å². The van der Waals surface area contributed by atoms with Gasteiger partial charge in [0.05, 0.1) is 5.69 Å². The SMILES string of the molecule is Cc1nc(-c2ccccc2)oc1C(=O)N1C[C@@H](CN)[C@H](c2ccccc2)C1. The van der Waals surface area contributed by atoms with Gasteiger partial charge in [0, 0.05) is 24.6 Å². The lowest BCUT2D eigenvalue weighted by molar-refractivity contribution is 0.0754. The van der Waals surface area contributed by atoms with Crippen LogP contribution in [0.25, 0.3) is 11.5 Å². The molecule has 0 spiro atoms. The molecule has 0 radical (unpaired) electrons. The lowest BCUT2D eigenvalue weighted by Crippen LogP contribution is -2.30. The van der Waals surface area contributed by atoms with E-state index in [1.54, 1.807) is 0 Å². The van der Waals surface area contributed by atoms with Crippen LogP contribution in [0.1, 0.15) is 27.7 Å². The van der Waals surface area contributed by atoms with Crippen LogP contribution in [0.5, 0.6) is 0 Å². The van der Waals surface area contributed by atoms with E-state index in [9.17, 15) is 4.79 Å². The molecule has 0 saturated carbocycles. The Morgan fingerprint density at radius 3 is 2.44 bits per heavy atom. The van der Waals surface area contributed by atoms with Crippen molar-refractivity contribution in [3.05, 3.63) is 77.7 Å². The molecular formula is C22H23N3O2. The molecule has 1 aromatic heterocycles. The summed E-state index contributed by atoms with van der Waals surface area (Å²) in [6.45, 7) is 3.64. The van der Waals surface area contributed by atoms with Gasteiger partial charge in [-0.2, -0.15) is 0 Å². The molecule has 138 valence electrons. The van der Waals surface area contributed by atoms with Crippen molar-refractivity contribution in [2.45, 2.75) is 12.8 Å². The fourth-order valence-corrected chi connectivity index (χ4v) is 3.80. The average Bonchev–Trinajstić information content (AvgIpc) is 3.33. The lowest BCUT2D eigenvalue weighted by atomic mass is 9.89. The summed E-state index contributed by atoms with van der Waals surface area (Å²) in [5.74, 6) is 1.17. The van der Waals surface area contributed by atoms with Crippen molar-refractivity contribution in [3.63, 3.8) is 0 Å². The summed E-state index contributed by atoms with van der Waals surface area (Å²) in [6, 6.07) is 19.9. The molecule has 3 aromatic rings. The number of benzene rings is 2. The average molecular weight is 361 g/mol. The van der Waals surface area contributed by atoms with Gasteiger partial charge in [0.1, 0.15) is 0 Å². The third-order valence-corrected chi connectivity index (χ3v) is 5.27. The molecule has 4 rings (SSSR count). The van der Waals surface area contributed by atoms with Crippen molar-refractivity contribution in [2.75, 3.05) is 19.6 Å². The van der Waals surface area contributed by atoms with Crippen LogP contribution >= 0.6 is 0 Å². The quantitative estimate of drug-likeness (QED) is 0.772. The third-order valence-electron chi connectivity index (χ3n) is 5.27. The van der Waals surface area contributed by atoms with Crippen LogP contribution in [0.3, 0.4) is 0 Å². The van der Waals surface area contributed by atoms with Crippen molar-refractivity contribution in [1.82, 2.24) is 9.88 Å². The normalized spacial score (nSPS) is 19.4. The van der Waals surface area contributed by atoms with Crippen molar-refractivity contribution in [2.24, 2.45) is 11.7 Å². The first-order valence-electron chi connectivity index (χ1n) is 9.24. The number of oxazole rings is 1. The standard InChI is InChI=1S/C22H23N3O2/c1-15-20(27-21(24-15)17-10-6-3-7-11-17)22(26)25-13-18(12-23)19(14-25)16-8-4-2-5-9-16/h2-11,18-19H,12-14,23H2,1H3/t18-,19+/m1/s1. The van der Waals surface area contributed by atoms with E-state index in [0.717, 1.165) is 5.56 Å². The fourth-order valence-electron chi connectivity index (χ4n) is 3.80. The molecule has 0 unspecified atom stereocenters. The van der Waals surface area contributed by atoms with E-state index < -0.39 is 0 Å². The number of nitrogens with two attached hydrogens (primary N) is 1. The highest BCUT2D eigenvalue weighted by Crippen LogP contribution is 2.33.